The normalized spacial score (nSPS) is 17.9. The lowest BCUT2D eigenvalue weighted by Crippen LogP contribution is -2.26. The maximum Gasteiger partial charge on any atom is 0.0896 e. The highest BCUT2D eigenvalue weighted by atomic mass is 32.1. The van der Waals surface area contributed by atoms with Gasteiger partial charge in [0.1, 0.15) is 0 Å². The van der Waals surface area contributed by atoms with E-state index in [-0.39, 0.29) is 0 Å². The van der Waals surface area contributed by atoms with Crippen LogP contribution in [0.25, 0.3) is 0 Å². The van der Waals surface area contributed by atoms with Crippen molar-refractivity contribution in [2.75, 3.05) is 20.3 Å². The molecule has 0 aliphatic carbocycles. The van der Waals surface area contributed by atoms with Gasteiger partial charge in [-0.2, -0.15) is 12.6 Å². The monoisotopic (exact) mass is 238 g/mol. The molecule has 1 rings (SSSR count). The average Bonchev–Trinajstić information content (AvgIpc) is 2.44. The Morgan fingerprint density at radius 1 is 1.56 bits per heavy atom. The predicted octanol–water partition coefficient (Wildman–Crippen LogP) is 3.08. The highest BCUT2D eigenvalue weighted by Gasteiger charge is 2.14. The zero-order chi connectivity index (χ0) is 12.1. The zero-order valence-corrected chi connectivity index (χ0v) is 11.5. The Bertz CT molecular complexity index is 316. The van der Waals surface area contributed by atoms with Crippen LogP contribution in [0.1, 0.15) is 20.8 Å². The fraction of sp³-hybridized carbons (Fsp3) is 0.538. The molecule has 0 saturated carbocycles. The molecule has 2 nitrogen and oxygen atoms in total. The van der Waals surface area contributed by atoms with Crippen molar-refractivity contribution in [3.63, 3.8) is 0 Å². The third-order valence-corrected chi connectivity index (χ3v) is 2.66. The summed E-state index contributed by atoms with van der Waals surface area (Å²) in [4.78, 5) is 4.56. The summed E-state index contributed by atoms with van der Waals surface area (Å²) in [6, 6.07) is 0. The van der Waals surface area contributed by atoms with Crippen LogP contribution in [-0.2, 0) is 0 Å². The molecule has 1 aliphatic heterocycles. The highest BCUT2D eigenvalue weighted by molar-refractivity contribution is 7.83. The van der Waals surface area contributed by atoms with Gasteiger partial charge < -0.3 is 9.80 Å². The predicted molar refractivity (Wildman–Crippen MR) is 74.1 cm³/mol. The first-order chi connectivity index (χ1) is 7.52. The molecule has 1 aliphatic rings. The molecule has 0 radical (unpaired) electrons. The van der Waals surface area contributed by atoms with Gasteiger partial charge >= 0.3 is 0 Å². The van der Waals surface area contributed by atoms with Crippen molar-refractivity contribution in [1.29, 1.82) is 0 Å². The molecule has 3 heteroatoms. The molecule has 16 heavy (non-hydrogen) atoms. The van der Waals surface area contributed by atoms with E-state index in [4.69, 9.17) is 0 Å². The molecular formula is C13H22N2S. The number of hydrogen-bond acceptors (Lipinski definition) is 3. The van der Waals surface area contributed by atoms with Gasteiger partial charge in [-0.3, -0.25) is 0 Å². The SMILES string of the molecule is CC1=CN(C)CN1CC(/C=C\S)=C/C(C)C. The minimum atomic E-state index is 0.573. The van der Waals surface area contributed by atoms with Crippen LogP contribution in [-0.4, -0.2) is 30.1 Å². The van der Waals surface area contributed by atoms with Crippen molar-refractivity contribution in [1.82, 2.24) is 9.80 Å². The minimum absolute atomic E-state index is 0.573. The van der Waals surface area contributed by atoms with Crippen LogP contribution in [0.15, 0.2) is 35.0 Å². The Balaban J connectivity index is 2.67. The fourth-order valence-corrected chi connectivity index (χ4v) is 2.09. The fourth-order valence-electron chi connectivity index (χ4n) is 1.90. The summed E-state index contributed by atoms with van der Waals surface area (Å²) in [5.41, 5.74) is 2.65. The topological polar surface area (TPSA) is 6.48 Å². The summed E-state index contributed by atoms with van der Waals surface area (Å²) in [6.45, 7) is 8.49. The van der Waals surface area contributed by atoms with Crippen LogP contribution in [0.2, 0.25) is 0 Å². The van der Waals surface area contributed by atoms with E-state index in [9.17, 15) is 0 Å². The van der Waals surface area contributed by atoms with Gasteiger partial charge in [0, 0.05) is 25.5 Å². The van der Waals surface area contributed by atoms with Gasteiger partial charge in [-0.1, -0.05) is 26.0 Å². The Morgan fingerprint density at radius 2 is 2.25 bits per heavy atom. The summed E-state index contributed by atoms with van der Waals surface area (Å²) >= 11 is 4.15. The lowest BCUT2D eigenvalue weighted by molar-refractivity contribution is 0.301. The van der Waals surface area contributed by atoms with E-state index in [1.54, 1.807) is 0 Å². The van der Waals surface area contributed by atoms with Gasteiger partial charge in [0.15, 0.2) is 0 Å². The lowest BCUT2D eigenvalue weighted by atomic mass is 10.1. The van der Waals surface area contributed by atoms with E-state index in [2.05, 4.69) is 68.6 Å². The summed E-state index contributed by atoms with van der Waals surface area (Å²) in [5, 5.41) is 1.81. The maximum absolute atomic E-state index is 4.15. The second-order valence-corrected chi connectivity index (χ2v) is 4.97. The molecule has 0 bridgehead atoms. The first kappa shape index (κ1) is 13.2. The number of thiol groups is 1. The molecular weight excluding hydrogens is 216 g/mol. The summed E-state index contributed by atoms with van der Waals surface area (Å²) in [6.07, 6.45) is 6.55. The van der Waals surface area contributed by atoms with Gasteiger partial charge in [-0.25, -0.2) is 0 Å². The molecule has 0 N–H and O–H groups in total. The van der Waals surface area contributed by atoms with Crippen LogP contribution in [0.3, 0.4) is 0 Å². The second kappa shape index (κ2) is 6.04. The van der Waals surface area contributed by atoms with Crippen LogP contribution in [0.5, 0.6) is 0 Å². The van der Waals surface area contributed by atoms with E-state index in [0.717, 1.165) is 13.2 Å². The standard InChI is InChI=1S/C13H22N2S/c1-11(2)7-13(5-6-16)9-15-10-14(4)8-12(15)3/h5-8,11,16H,9-10H2,1-4H3/b6-5-,13-7+. The average molecular weight is 238 g/mol. The molecule has 0 aromatic heterocycles. The third kappa shape index (κ3) is 3.97. The highest BCUT2D eigenvalue weighted by Crippen LogP contribution is 2.17. The van der Waals surface area contributed by atoms with Gasteiger partial charge in [0.2, 0.25) is 0 Å². The molecule has 0 aromatic carbocycles. The molecule has 90 valence electrons. The summed E-state index contributed by atoms with van der Waals surface area (Å²) in [5.74, 6) is 0.573. The molecule has 0 fully saturated rings. The Hall–Kier alpha value is -0.830. The van der Waals surface area contributed by atoms with Crippen molar-refractivity contribution in [2.45, 2.75) is 20.8 Å². The minimum Gasteiger partial charge on any atom is -0.361 e. The van der Waals surface area contributed by atoms with Crippen molar-refractivity contribution < 1.29 is 0 Å². The smallest absolute Gasteiger partial charge is 0.0896 e. The molecule has 0 saturated heterocycles. The van der Waals surface area contributed by atoms with Gasteiger partial charge in [0.25, 0.3) is 0 Å². The van der Waals surface area contributed by atoms with E-state index in [0.29, 0.717) is 5.92 Å². The quantitative estimate of drug-likeness (QED) is 0.594. The van der Waals surface area contributed by atoms with Crippen LogP contribution < -0.4 is 0 Å². The van der Waals surface area contributed by atoms with Crippen molar-refractivity contribution in [2.24, 2.45) is 5.92 Å². The summed E-state index contributed by atoms with van der Waals surface area (Å²) in [7, 11) is 2.10. The van der Waals surface area contributed by atoms with Crippen molar-refractivity contribution in [3.8, 4) is 0 Å². The van der Waals surface area contributed by atoms with Crippen molar-refractivity contribution >= 4 is 12.6 Å². The Labute approximate surface area is 105 Å². The van der Waals surface area contributed by atoms with Gasteiger partial charge in [-0.15, -0.1) is 0 Å². The maximum atomic E-state index is 4.15. The summed E-state index contributed by atoms with van der Waals surface area (Å²) < 4.78 is 0. The van der Waals surface area contributed by atoms with E-state index in [1.165, 1.54) is 11.3 Å². The van der Waals surface area contributed by atoms with Gasteiger partial charge in [0.05, 0.1) is 6.67 Å². The number of nitrogens with zero attached hydrogens (tertiary/aromatic N) is 2. The first-order valence-electron chi connectivity index (χ1n) is 5.68. The van der Waals surface area contributed by atoms with E-state index >= 15 is 0 Å². The zero-order valence-electron chi connectivity index (χ0n) is 10.6. The van der Waals surface area contributed by atoms with Crippen LogP contribution in [0.4, 0.5) is 0 Å². The third-order valence-electron chi connectivity index (χ3n) is 2.51. The molecule has 0 unspecified atom stereocenters. The molecule has 1 heterocycles. The van der Waals surface area contributed by atoms with E-state index < -0.39 is 0 Å². The van der Waals surface area contributed by atoms with Crippen LogP contribution in [0, 0.1) is 5.92 Å². The molecule has 0 atom stereocenters. The lowest BCUT2D eigenvalue weighted by Gasteiger charge is -2.22. The number of allylic oxidation sites excluding steroid dienone is 2. The van der Waals surface area contributed by atoms with Crippen LogP contribution >= 0.6 is 12.6 Å². The van der Waals surface area contributed by atoms with Gasteiger partial charge in [-0.05, 0) is 23.8 Å². The largest absolute Gasteiger partial charge is 0.361 e. The van der Waals surface area contributed by atoms with E-state index in [1.807, 2.05) is 5.41 Å². The molecule has 0 amide bonds. The molecule has 0 spiro atoms. The molecule has 0 aromatic rings. The Kier molecular flexibility index (Phi) is 5.00. The number of rotatable bonds is 4. The number of hydrogen-bond donors (Lipinski definition) is 1. The van der Waals surface area contributed by atoms with Crippen molar-refractivity contribution in [3.05, 3.63) is 35.0 Å². The Morgan fingerprint density at radius 3 is 2.69 bits per heavy atom. The first-order valence-corrected chi connectivity index (χ1v) is 6.19. The second-order valence-electron chi connectivity index (χ2n) is 4.67.